The number of carbonyl (C=O) groups excluding carboxylic acids is 1. The maximum absolute atomic E-state index is 11.8. The Kier molecular flexibility index (Phi) is 3.78. The summed E-state index contributed by atoms with van der Waals surface area (Å²) in [6.07, 6.45) is 2.60. The lowest BCUT2D eigenvalue weighted by Gasteiger charge is -2.16. The second kappa shape index (κ2) is 5.72. The normalized spacial score (nSPS) is 13.9. The molecule has 0 saturated carbocycles. The van der Waals surface area contributed by atoms with Crippen LogP contribution in [0.1, 0.15) is 45.5 Å². The highest BCUT2D eigenvalue weighted by Crippen LogP contribution is 2.26. The number of aryl methyl sites for hydroxylation is 3. The summed E-state index contributed by atoms with van der Waals surface area (Å²) in [7, 11) is 0. The first-order valence-electron chi connectivity index (χ1n) is 7.48. The smallest absolute Gasteiger partial charge is 0.163 e. The Morgan fingerprint density at radius 3 is 2.52 bits per heavy atom. The molecule has 0 saturated heterocycles. The van der Waals surface area contributed by atoms with E-state index >= 15 is 0 Å². The first-order valence-corrected chi connectivity index (χ1v) is 7.48. The molecule has 2 aromatic carbocycles. The van der Waals surface area contributed by atoms with Gasteiger partial charge in [0.25, 0.3) is 0 Å². The quantitative estimate of drug-likeness (QED) is 0.833. The van der Waals surface area contributed by atoms with Crippen molar-refractivity contribution in [2.75, 3.05) is 0 Å². The fourth-order valence-electron chi connectivity index (χ4n) is 3.03. The Hall–Kier alpha value is -2.09. The van der Waals surface area contributed by atoms with Gasteiger partial charge in [0.15, 0.2) is 5.78 Å². The van der Waals surface area contributed by atoms with Crippen molar-refractivity contribution in [3.05, 3.63) is 64.2 Å². The summed E-state index contributed by atoms with van der Waals surface area (Å²) in [4.78, 5) is 11.8. The van der Waals surface area contributed by atoms with Crippen LogP contribution in [-0.2, 0) is 13.0 Å². The molecule has 2 heteroatoms. The number of rotatable bonds is 3. The largest absolute Gasteiger partial charge is 0.489 e. The van der Waals surface area contributed by atoms with Gasteiger partial charge in [-0.2, -0.15) is 0 Å². The molecule has 0 spiro atoms. The van der Waals surface area contributed by atoms with E-state index in [1.807, 2.05) is 18.2 Å². The summed E-state index contributed by atoms with van der Waals surface area (Å²) in [5.41, 5.74) is 5.69. The lowest BCUT2D eigenvalue weighted by molar-refractivity contribution is 0.0972. The van der Waals surface area contributed by atoms with Crippen molar-refractivity contribution >= 4 is 5.78 Å². The van der Waals surface area contributed by atoms with Gasteiger partial charge in [-0.05, 0) is 56.0 Å². The second-order valence-electron chi connectivity index (χ2n) is 5.88. The van der Waals surface area contributed by atoms with Gasteiger partial charge in [0.1, 0.15) is 12.4 Å². The van der Waals surface area contributed by atoms with Crippen molar-refractivity contribution in [1.29, 1.82) is 0 Å². The fourth-order valence-corrected chi connectivity index (χ4v) is 3.03. The molecule has 0 bridgehead atoms. The van der Waals surface area contributed by atoms with E-state index in [4.69, 9.17) is 4.74 Å². The lowest BCUT2D eigenvalue weighted by Crippen LogP contribution is -2.10. The minimum atomic E-state index is 0.261. The van der Waals surface area contributed by atoms with E-state index in [2.05, 4.69) is 32.0 Å². The summed E-state index contributed by atoms with van der Waals surface area (Å²) < 4.78 is 5.89. The fraction of sp³-hybridized carbons (Fsp3) is 0.316. The standard InChI is InChI=1S/C19H20O2/c1-13-8-14(2)10-15(9-13)12-21-17-6-7-18-16(11-17)4-3-5-19(18)20/h6-11H,3-5,12H2,1-2H3. The van der Waals surface area contributed by atoms with Crippen molar-refractivity contribution < 1.29 is 9.53 Å². The molecule has 0 N–H and O–H groups in total. The Morgan fingerprint density at radius 2 is 1.76 bits per heavy atom. The number of benzene rings is 2. The zero-order chi connectivity index (χ0) is 14.8. The maximum atomic E-state index is 11.8. The van der Waals surface area contributed by atoms with Crippen LogP contribution in [0.5, 0.6) is 5.75 Å². The molecule has 108 valence electrons. The van der Waals surface area contributed by atoms with E-state index in [0.717, 1.165) is 29.7 Å². The van der Waals surface area contributed by atoms with Crippen LogP contribution in [0.25, 0.3) is 0 Å². The number of ketones is 1. The maximum Gasteiger partial charge on any atom is 0.163 e. The molecule has 21 heavy (non-hydrogen) atoms. The third-order valence-corrected chi connectivity index (χ3v) is 3.91. The molecule has 0 radical (unpaired) electrons. The summed E-state index contributed by atoms with van der Waals surface area (Å²) in [5, 5.41) is 0. The molecule has 1 aliphatic rings. The molecule has 0 atom stereocenters. The number of hydrogen-bond donors (Lipinski definition) is 0. The third kappa shape index (κ3) is 3.15. The van der Waals surface area contributed by atoms with Crippen LogP contribution in [0, 0.1) is 13.8 Å². The van der Waals surface area contributed by atoms with Crippen LogP contribution in [0.15, 0.2) is 36.4 Å². The van der Waals surface area contributed by atoms with E-state index in [-0.39, 0.29) is 5.78 Å². The van der Waals surface area contributed by atoms with Crippen LogP contribution >= 0.6 is 0 Å². The van der Waals surface area contributed by atoms with Gasteiger partial charge in [-0.1, -0.05) is 29.3 Å². The lowest BCUT2D eigenvalue weighted by atomic mass is 9.90. The molecule has 0 heterocycles. The van der Waals surface area contributed by atoms with Crippen LogP contribution in [0.4, 0.5) is 0 Å². The number of hydrogen-bond acceptors (Lipinski definition) is 2. The molecule has 1 aliphatic carbocycles. The highest BCUT2D eigenvalue weighted by atomic mass is 16.5. The van der Waals surface area contributed by atoms with E-state index in [1.165, 1.54) is 16.7 Å². The van der Waals surface area contributed by atoms with Gasteiger partial charge in [0.2, 0.25) is 0 Å². The van der Waals surface area contributed by atoms with Gasteiger partial charge < -0.3 is 4.74 Å². The first kappa shape index (κ1) is 13.9. The predicted molar refractivity (Wildman–Crippen MR) is 84.0 cm³/mol. The zero-order valence-corrected chi connectivity index (χ0v) is 12.6. The van der Waals surface area contributed by atoms with E-state index in [0.29, 0.717) is 13.0 Å². The summed E-state index contributed by atoms with van der Waals surface area (Å²) >= 11 is 0. The molecule has 0 unspecified atom stereocenters. The van der Waals surface area contributed by atoms with Gasteiger partial charge in [0, 0.05) is 12.0 Å². The van der Waals surface area contributed by atoms with E-state index < -0.39 is 0 Å². The average Bonchev–Trinajstić information content (AvgIpc) is 2.44. The van der Waals surface area contributed by atoms with Gasteiger partial charge in [0.05, 0.1) is 0 Å². The number of ether oxygens (including phenoxy) is 1. The van der Waals surface area contributed by atoms with Crippen LogP contribution < -0.4 is 4.74 Å². The number of Topliss-reactive ketones (excluding diaryl/α,β-unsaturated/α-hetero) is 1. The van der Waals surface area contributed by atoms with E-state index in [9.17, 15) is 4.79 Å². The Labute approximate surface area is 125 Å². The molecule has 3 rings (SSSR count). The molecule has 0 fully saturated rings. The Bertz CT molecular complexity index is 666. The van der Waals surface area contributed by atoms with E-state index in [1.54, 1.807) is 0 Å². The summed E-state index contributed by atoms with van der Waals surface area (Å²) in [6.45, 7) is 4.76. The Balaban J connectivity index is 1.75. The monoisotopic (exact) mass is 280 g/mol. The molecular formula is C19H20O2. The van der Waals surface area contributed by atoms with Crippen molar-refractivity contribution in [2.24, 2.45) is 0 Å². The van der Waals surface area contributed by atoms with Gasteiger partial charge in [-0.25, -0.2) is 0 Å². The molecule has 2 aromatic rings. The highest BCUT2D eigenvalue weighted by Gasteiger charge is 2.17. The minimum absolute atomic E-state index is 0.261. The van der Waals surface area contributed by atoms with Crippen LogP contribution in [-0.4, -0.2) is 5.78 Å². The van der Waals surface area contributed by atoms with Crippen molar-refractivity contribution in [3.63, 3.8) is 0 Å². The van der Waals surface area contributed by atoms with Crippen molar-refractivity contribution in [3.8, 4) is 5.75 Å². The summed E-state index contributed by atoms with van der Waals surface area (Å²) in [6, 6.07) is 12.3. The van der Waals surface area contributed by atoms with Crippen molar-refractivity contribution in [2.45, 2.75) is 39.7 Å². The third-order valence-electron chi connectivity index (χ3n) is 3.91. The number of fused-ring (bicyclic) bond motifs is 1. The van der Waals surface area contributed by atoms with Gasteiger partial charge in [-0.3, -0.25) is 4.79 Å². The SMILES string of the molecule is Cc1cc(C)cc(COc2ccc3c(c2)CCCC3=O)c1. The first-order chi connectivity index (χ1) is 10.1. The average molecular weight is 280 g/mol. The Morgan fingerprint density at radius 1 is 1.00 bits per heavy atom. The van der Waals surface area contributed by atoms with Crippen molar-refractivity contribution in [1.82, 2.24) is 0 Å². The molecule has 0 aromatic heterocycles. The molecular weight excluding hydrogens is 260 g/mol. The second-order valence-corrected chi connectivity index (χ2v) is 5.88. The molecule has 2 nitrogen and oxygen atoms in total. The highest BCUT2D eigenvalue weighted by molar-refractivity contribution is 5.98. The number of carbonyl (C=O) groups is 1. The molecule has 0 amide bonds. The topological polar surface area (TPSA) is 26.3 Å². The van der Waals surface area contributed by atoms with Crippen LogP contribution in [0.3, 0.4) is 0 Å². The van der Waals surface area contributed by atoms with Gasteiger partial charge >= 0.3 is 0 Å². The zero-order valence-electron chi connectivity index (χ0n) is 12.6. The van der Waals surface area contributed by atoms with Gasteiger partial charge in [-0.15, -0.1) is 0 Å². The van der Waals surface area contributed by atoms with Crippen LogP contribution in [0.2, 0.25) is 0 Å². The summed E-state index contributed by atoms with van der Waals surface area (Å²) in [5.74, 6) is 1.11. The predicted octanol–water partition coefficient (Wildman–Crippen LogP) is 4.40. The minimum Gasteiger partial charge on any atom is -0.489 e. The molecule has 0 aliphatic heterocycles.